The van der Waals surface area contributed by atoms with E-state index in [4.69, 9.17) is 4.74 Å². The highest BCUT2D eigenvalue weighted by molar-refractivity contribution is 5.70. The van der Waals surface area contributed by atoms with Gasteiger partial charge < -0.3 is 15.0 Å². The number of rotatable bonds is 1. The number of nitrogens with zero attached hydrogens (tertiary/aromatic N) is 1. The van der Waals surface area contributed by atoms with Crippen molar-refractivity contribution >= 4 is 6.09 Å². The number of carbonyl (C=O) groups is 1. The number of ether oxygens (including phenoxy) is 1. The Morgan fingerprint density at radius 3 is 2.61 bits per heavy atom. The maximum absolute atomic E-state index is 12.0. The zero-order valence-corrected chi connectivity index (χ0v) is 11.0. The van der Waals surface area contributed by atoms with E-state index in [1.807, 2.05) is 26.0 Å². The maximum atomic E-state index is 12.0. The zero-order chi connectivity index (χ0) is 13.0. The van der Waals surface area contributed by atoms with Crippen molar-refractivity contribution in [3.8, 4) is 5.75 Å². The first-order valence-corrected chi connectivity index (χ1v) is 6.41. The third-order valence-corrected chi connectivity index (χ3v) is 3.00. The Morgan fingerprint density at radius 1 is 1.17 bits per heavy atom. The molecular formula is C14H20N2O2. The summed E-state index contributed by atoms with van der Waals surface area (Å²) in [5.74, 6) is 0.634. The number of amides is 1. The molecule has 1 saturated heterocycles. The van der Waals surface area contributed by atoms with Crippen molar-refractivity contribution in [1.29, 1.82) is 0 Å². The lowest BCUT2D eigenvalue weighted by Crippen LogP contribution is -2.36. The van der Waals surface area contributed by atoms with E-state index in [1.165, 1.54) is 0 Å². The lowest BCUT2D eigenvalue weighted by Gasteiger charge is -2.19. The fraction of sp³-hybridized carbons (Fsp3) is 0.500. The van der Waals surface area contributed by atoms with E-state index in [0.29, 0.717) is 12.3 Å². The molecule has 1 aromatic carbocycles. The molecule has 0 atom stereocenters. The average molecular weight is 248 g/mol. The van der Waals surface area contributed by atoms with Crippen molar-refractivity contribution in [3.05, 3.63) is 29.3 Å². The SMILES string of the molecule is Cc1cc(C)cc(OC(=O)N2CCCNCC2)c1. The van der Waals surface area contributed by atoms with Crippen LogP contribution in [-0.4, -0.2) is 37.2 Å². The topological polar surface area (TPSA) is 41.6 Å². The van der Waals surface area contributed by atoms with Gasteiger partial charge in [0.15, 0.2) is 0 Å². The third-order valence-electron chi connectivity index (χ3n) is 3.00. The second-order valence-corrected chi connectivity index (χ2v) is 4.78. The maximum Gasteiger partial charge on any atom is 0.415 e. The molecule has 1 aliphatic heterocycles. The molecule has 4 nitrogen and oxygen atoms in total. The lowest BCUT2D eigenvalue weighted by atomic mass is 10.1. The molecule has 1 heterocycles. The molecule has 2 rings (SSSR count). The summed E-state index contributed by atoms with van der Waals surface area (Å²) in [5.41, 5.74) is 2.21. The molecule has 0 saturated carbocycles. The molecule has 0 aromatic heterocycles. The molecular weight excluding hydrogens is 228 g/mol. The van der Waals surface area contributed by atoms with Crippen molar-refractivity contribution < 1.29 is 9.53 Å². The summed E-state index contributed by atoms with van der Waals surface area (Å²) in [6.07, 6.45) is 0.728. The van der Waals surface area contributed by atoms with Crippen LogP contribution in [0.2, 0.25) is 0 Å². The number of hydrogen-bond acceptors (Lipinski definition) is 3. The number of benzene rings is 1. The first-order chi connectivity index (χ1) is 8.65. The minimum atomic E-state index is -0.247. The summed E-state index contributed by atoms with van der Waals surface area (Å²) in [7, 11) is 0. The van der Waals surface area contributed by atoms with Gasteiger partial charge in [-0.15, -0.1) is 0 Å². The van der Waals surface area contributed by atoms with Crippen LogP contribution < -0.4 is 10.1 Å². The van der Waals surface area contributed by atoms with E-state index in [9.17, 15) is 4.79 Å². The Labute approximate surface area is 108 Å². The number of nitrogens with one attached hydrogen (secondary N) is 1. The lowest BCUT2D eigenvalue weighted by molar-refractivity contribution is 0.155. The van der Waals surface area contributed by atoms with Crippen LogP contribution in [0.5, 0.6) is 5.75 Å². The molecule has 1 fully saturated rings. The van der Waals surface area contributed by atoms with Crippen LogP contribution in [0.25, 0.3) is 0 Å². The summed E-state index contributed by atoms with van der Waals surface area (Å²) in [6.45, 7) is 7.27. The monoisotopic (exact) mass is 248 g/mol. The quantitative estimate of drug-likeness (QED) is 0.827. The molecule has 1 amide bonds. The molecule has 4 heteroatoms. The van der Waals surface area contributed by atoms with Gasteiger partial charge in [-0.1, -0.05) is 6.07 Å². The van der Waals surface area contributed by atoms with Gasteiger partial charge in [0.2, 0.25) is 0 Å². The largest absolute Gasteiger partial charge is 0.415 e. The van der Waals surface area contributed by atoms with Crippen LogP contribution in [0, 0.1) is 13.8 Å². The van der Waals surface area contributed by atoms with Gasteiger partial charge in [0.1, 0.15) is 5.75 Å². The Hall–Kier alpha value is -1.55. The predicted molar refractivity (Wildman–Crippen MR) is 71.0 cm³/mol. The first-order valence-electron chi connectivity index (χ1n) is 6.41. The van der Waals surface area contributed by atoms with Crippen LogP contribution in [0.3, 0.4) is 0 Å². The zero-order valence-electron chi connectivity index (χ0n) is 11.0. The Bertz CT molecular complexity index is 404. The van der Waals surface area contributed by atoms with Gasteiger partial charge >= 0.3 is 6.09 Å². The van der Waals surface area contributed by atoms with Gasteiger partial charge in [0.05, 0.1) is 0 Å². The van der Waals surface area contributed by atoms with Gasteiger partial charge in [-0.3, -0.25) is 0 Å². The van der Waals surface area contributed by atoms with E-state index < -0.39 is 0 Å². The fourth-order valence-electron chi connectivity index (χ4n) is 2.19. The predicted octanol–water partition coefficient (Wildman–Crippen LogP) is 2.10. The molecule has 0 spiro atoms. The number of hydrogen-bond donors (Lipinski definition) is 1. The van der Waals surface area contributed by atoms with Gasteiger partial charge in [-0.05, 0) is 50.1 Å². The van der Waals surface area contributed by atoms with Crippen LogP contribution in [0.4, 0.5) is 4.79 Å². The minimum absolute atomic E-state index is 0.247. The second kappa shape index (κ2) is 5.87. The molecule has 0 radical (unpaired) electrons. The molecule has 1 aliphatic rings. The van der Waals surface area contributed by atoms with E-state index in [1.54, 1.807) is 4.90 Å². The van der Waals surface area contributed by atoms with E-state index in [0.717, 1.165) is 37.2 Å². The van der Waals surface area contributed by atoms with E-state index in [-0.39, 0.29) is 6.09 Å². The molecule has 0 bridgehead atoms. The number of aryl methyl sites for hydroxylation is 2. The average Bonchev–Trinajstić information content (AvgIpc) is 2.55. The Morgan fingerprint density at radius 2 is 1.89 bits per heavy atom. The second-order valence-electron chi connectivity index (χ2n) is 4.78. The van der Waals surface area contributed by atoms with Gasteiger partial charge in [-0.25, -0.2) is 4.79 Å². The molecule has 1 N–H and O–H groups in total. The van der Waals surface area contributed by atoms with Crippen LogP contribution in [0.15, 0.2) is 18.2 Å². The summed E-state index contributed by atoms with van der Waals surface area (Å²) >= 11 is 0. The van der Waals surface area contributed by atoms with Crippen molar-refractivity contribution in [2.24, 2.45) is 0 Å². The molecule has 1 aromatic rings. The van der Waals surface area contributed by atoms with E-state index in [2.05, 4.69) is 11.4 Å². The molecule has 18 heavy (non-hydrogen) atoms. The summed E-state index contributed by atoms with van der Waals surface area (Å²) in [4.78, 5) is 13.8. The Kier molecular flexibility index (Phi) is 4.20. The van der Waals surface area contributed by atoms with Gasteiger partial charge in [-0.2, -0.15) is 0 Å². The van der Waals surface area contributed by atoms with Gasteiger partial charge in [0.25, 0.3) is 0 Å². The van der Waals surface area contributed by atoms with Crippen molar-refractivity contribution in [2.45, 2.75) is 20.3 Å². The Balaban J connectivity index is 2.01. The van der Waals surface area contributed by atoms with Crippen LogP contribution in [-0.2, 0) is 0 Å². The summed E-state index contributed by atoms with van der Waals surface area (Å²) < 4.78 is 5.43. The number of carbonyl (C=O) groups excluding carboxylic acids is 1. The summed E-state index contributed by atoms with van der Waals surface area (Å²) in [6, 6.07) is 5.84. The van der Waals surface area contributed by atoms with E-state index >= 15 is 0 Å². The standard InChI is InChI=1S/C14H20N2O2/c1-11-8-12(2)10-13(9-11)18-14(17)16-6-3-4-15-5-7-16/h8-10,15H,3-7H2,1-2H3. The van der Waals surface area contributed by atoms with Gasteiger partial charge in [0, 0.05) is 19.6 Å². The molecule has 0 aliphatic carbocycles. The smallest absolute Gasteiger partial charge is 0.410 e. The highest BCUT2D eigenvalue weighted by Gasteiger charge is 2.17. The highest BCUT2D eigenvalue weighted by atomic mass is 16.6. The van der Waals surface area contributed by atoms with Crippen LogP contribution in [0.1, 0.15) is 17.5 Å². The van der Waals surface area contributed by atoms with Crippen molar-refractivity contribution in [3.63, 3.8) is 0 Å². The minimum Gasteiger partial charge on any atom is -0.410 e. The fourth-order valence-corrected chi connectivity index (χ4v) is 2.19. The highest BCUT2D eigenvalue weighted by Crippen LogP contribution is 2.17. The van der Waals surface area contributed by atoms with Crippen molar-refractivity contribution in [2.75, 3.05) is 26.2 Å². The molecule has 98 valence electrons. The normalized spacial score (nSPS) is 16.2. The first kappa shape index (κ1) is 12.9. The van der Waals surface area contributed by atoms with Crippen LogP contribution >= 0.6 is 0 Å². The molecule has 0 unspecified atom stereocenters. The summed E-state index contributed by atoms with van der Waals surface area (Å²) in [5, 5.41) is 3.26. The van der Waals surface area contributed by atoms with Crippen molar-refractivity contribution in [1.82, 2.24) is 10.2 Å². The third kappa shape index (κ3) is 3.47.